The van der Waals surface area contributed by atoms with Crippen LogP contribution in [0.5, 0.6) is 0 Å². The Kier molecular flexibility index (Phi) is 5.39. The van der Waals surface area contributed by atoms with Gasteiger partial charge in [0.2, 0.25) is 0 Å². The molecule has 6 nitrogen and oxygen atoms in total. The maximum atomic E-state index is 13.3. The second kappa shape index (κ2) is 9.06. The van der Waals surface area contributed by atoms with Gasteiger partial charge in [-0.2, -0.15) is 0 Å². The zero-order chi connectivity index (χ0) is 31.7. The minimum absolute atomic E-state index is 0.0113. The van der Waals surface area contributed by atoms with Crippen LogP contribution < -0.4 is 4.90 Å². The quantitative estimate of drug-likeness (QED) is 0.108. The Morgan fingerprint density at radius 3 is 1.83 bits per heavy atom. The standard InChI is InChI=1S/C39H29N3O3Se/c1-38(2)28-16-9-10-19-32(28)42-33-29(38)17-11-18-30(33)39(26-14-7-5-12-23(26)24-13-6-8-15-27(24)39)31-21-22(46-36(31)42)20-25-34(43)40(3)37(45)41(4)35(25)44/h5-21H,1-4H3. The fourth-order valence-electron chi connectivity index (χ4n) is 8.25. The molecule has 4 amide bonds. The molecular weight excluding hydrogens is 637 g/mol. The van der Waals surface area contributed by atoms with Gasteiger partial charge in [0.1, 0.15) is 0 Å². The second-order valence-corrected chi connectivity index (χ2v) is 15.2. The van der Waals surface area contributed by atoms with Crippen molar-refractivity contribution in [3.63, 3.8) is 0 Å². The number of hydrogen-bond donors (Lipinski definition) is 0. The number of carbonyl (C=O) groups excluding carboxylic acids is 3. The maximum absolute atomic E-state index is 13.3. The molecule has 0 saturated carbocycles. The van der Waals surface area contributed by atoms with E-state index in [1.165, 1.54) is 68.9 Å². The Morgan fingerprint density at radius 1 is 0.630 bits per heavy atom. The molecule has 1 fully saturated rings. The van der Waals surface area contributed by atoms with Gasteiger partial charge in [0.25, 0.3) is 0 Å². The number of fused-ring (bicyclic) bond motifs is 11. The zero-order valence-corrected chi connectivity index (χ0v) is 27.5. The van der Waals surface area contributed by atoms with Gasteiger partial charge in [-0.15, -0.1) is 0 Å². The van der Waals surface area contributed by atoms with E-state index in [0.717, 1.165) is 19.9 Å². The third-order valence-electron chi connectivity index (χ3n) is 10.4. The zero-order valence-electron chi connectivity index (χ0n) is 25.8. The minimum atomic E-state index is -0.621. The number of hydrogen-bond acceptors (Lipinski definition) is 4. The fourth-order valence-corrected chi connectivity index (χ4v) is 10.7. The van der Waals surface area contributed by atoms with Gasteiger partial charge >= 0.3 is 274 Å². The summed E-state index contributed by atoms with van der Waals surface area (Å²) in [5, 5.41) is 0. The molecule has 1 spiro atoms. The summed E-state index contributed by atoms with van der Waals surface area (Å²) in [6.07, 6.45) is 1.73. The summed E-state index contributed by atoms with van der Waals surface area (Å²) in [5.41, 5.74) is 11.4. The van der Waals surface area contributed by atoms with Crippen LogP contribution >= 0.6 is 0 Å². The molecule has 1 aliphatic carbocycles. The number of barbiturate groups is 1. The summed E-state index contributed by atoms with van der Waals surface area (Å²) >= 11 is -0.264. The Morgan fingerprint density at radius 2 is 1.17 bits per heavy atom. The van der Waals surface area contributed by atoms with E-state index >= 15 is 0 Å². The van der Waals surface area contributed by atoms with E-state index in [4.69, 9.17) is 0 Å². The van der Waals surface area contributed by atoms with Crippen molar-refractivity contribution in [1.82, 2.24) is 9.80 Å². The van der Waals surface area contributed by atoms with Gasteiger partial charge in [0.05, 0.1) is 0 Å². The first-order valence-electron chi connectivity index (χ1n) is 15.4. The molecule has 224 valence electrons. The molecule has 3 aliphatic heterocycles. The van der Waals surface area contributed by atoms with Crippen LogP contribution in [-0.4, -0.2) is 56.2 Å². The molecule has 4 aromatic carbocycles. The molecule has 1 aromatic heterocycles. The summed E-state index contributed by atoms with van der Waals surface area (Å²) in [6.45, 7) is 4.63. The summed E-state index contributed by atoms with van der Waals surface area (Å²) in [5.74, 6) is -1.15. The van der Waals surface area contributed by atoms with E-state index in [1.54, 1.807) is 6.08 Å². The molecule has 1 saturated heterocycles. The van der Waals surface area contributed by atoms with Crippen LogP contribution in [0.4, 0.5) is 20.7 Å². The van der Waals surface area contributed by atoms with Crippen molar-refractivity contribution in [3.8, 4) is 11.1 Å². The molecule has 7 heteroatoms. The van der Waals surface area contributed by atoms with E-state index in [-0.39, 0.29) is 25.5 Å². The van der Waals surface area contributed by atoms with Gasteiger partial charge in [0.15, 0.2) is 0 Å². The molecule has 0 unspecified atom stereocenters. The van der Waals surface area contributed by atoms with Gasteiger partial charge < -0.3 is 0 Å². The summed E-state index contributed by atoms with van der Waals surface area (Å²) in [4.78, 5) is 43.6. The van der Waals surface area contributed by atoms with Crippen LogP contribution in [0.2, 0.25) is 0 Å². The van der Waals surface area contributed by atoms with Crippen LogP contribution in [0, 0.1) is 0 Å². The van der Waals surface area contributed by atoms with E-state index in [0.29, 0.717) is 0 Å². The van der Waals surface area contributed by atoms with Gasteiger partial charge in [0, 0.05) is 0 Å². The van der Waals surface area contributed by atoms with Crippen LogP contribution in [0.15, 0.2) is 103 Å². The van der Waals surface area contributed by atoms with Crippen molar-refractivity contribution in [2.75, 3.05) is 19.0 Å². The van der Waals surface area contributed by atoms with Crippen molar-refractivity contribution in [2.45, 2.75) is 24.7 Å². The van der Waals surface area contributed by atoms with E-state index in [1.807, 2.05) is 0 Å². The predicted molar refractivity (Wildman–Crippen MR) is 180 cm³/mol. The summed E-state index contributed by atoms with van der Waals surface area (Å²) < 4.78 is 2.12. The van der Waals surface area contributed by atoms with Gasteiger partial charge in [-0.25, -0.2) is 0 Å². The number of likely N-dealkylation sites (N-methyl/N-ethyl adjacent to an activating group) is 2. The third kappa shape index (κ3) is 3.14. The van der Waals surface area contributed by atoms with Crippen molar-refractivity contribution >= 4 is 54.4 Å². The molecule has 5 aromatic rings. The molecule has 9 rings (SSSR count). The number of imide groups is 2. The van der Waals surface area contributed by atoms with Crippen molar-refractivity contribution in [1.29, 1.82) is 0 Å². The van der Waals surface area contributed by atoms with Crippen molar-refractivity contribution < 1.29 is 14.4 Å². The Labute approximate surface area is 272 Å². The summed E-state index contributed by atoms with van der Waals surface area (Å²) in [7, 11) is 2.84. The number of para-hydroxylation sites is 2. The van der Waals surface area contributed by atoms with Gasteiger partial charge in [-0.05, 0) is 0 Å². The fraction of sp³-hybridized carbons (Fsp3) is 0.154. The first kappa shape index (κ1) is 27.3. The SMILES string of the molecule is CN1C(=O)C(=Cc2cc3c([se]2)N2c4ccccc4C(C)(C)c4cccc(c42)C32c3ccccc3-c3ccccc32)C(=O)N(C)C1=O. The molecular formula is C39H29N3O3Se. The molecule has 46 heavy (non-hydrogen) atoms. The number of nitrogens with zero attached hydrogens (tertiary/aromatic N) is 3. The Balaban J connectivity index is 1.41. The molecule has 0 radical (unpaired) electrons. The predicted octanol–water partition coefficient (Wildman–Crippen LogP) is 6.96. The average Bonchev–Trinajstić information content (AvgIpc) is 3.63. The normalized spacial score (nSPS) is 17.9. The number of amides is 4. The second-order valence-electron chi connectivity index (χ2n) is 13.0. The Bertz CT molecular complexity index is 2190. The van der Waals surface area contributed by atoms with Crippen LogP contribution in [-0.2, 0) is 20.4 Å². The number of anilines is 3. The topological polar surface area (TPSA) is 60.9 Å². The van der Waals surface area contributed by atoms with Crippen LogP contribution in [0.3, 0.4) is 0 Å². The average molecular weight is 667 g/mol. The summed E-state index contributed by atoms with van der Waals surface area (Å²) in [6, 6.07) is 34.5. The van der Waals surface area contributed by atoms with E-state index < -0.39 is 23.3 Å². The van der Waals surface area contributed by atoms with Crippen molar-refractivity contribution in [3.05, 3.63) is 140 Å². The molecule has 4 heterocycles. The van der Waals surface area contributed by atoms with Gasteiger partial charge in [-0.3, -0.25) is 0 Å². The number of benzene rings is 4. The monoisotopic (exact) mass is 667 g/mol. The van der Waals surface area contributed by atoms with Crippen LogP contribution in [0.25, 0.3) is 17.2 Å². The van der Waals surface area contributed by atoms with E-state index in [2.05, 4.69) is 116 Å². The first-order valence-corrected chi connectivity index (χ1v) is 17.1. The molecule has 0 bridgehead atoms. The molecule has 4 aliphatic rings. The number of rotatable bonds is 1. The van der Waals surface area contributed by atoms with Gasteiger partial charge in [-0.1, -0.05) is 0 Å². The third-order valence-corrected chi connectivity index (χ3v) is 12.6. The van der Waals surface area contributed by atoms with Crippen LogP contribution in [0.1, 0.15) is 51.7 Å². The number of carbonyl (C=O) groups is 3. The molecule has 0 atom stereocenters. The van der Waals surface area contributed by atoms with Crippen molar-refractivity contribution in [2.24, 2.45) is 0 Å². The molecule has 0 N–H and O–H groups in total. The number of urea groups is 1. The van der Waals surface area contributed by atoms with E-state index in [9.17, 15) is 14.4 Å². The first-order chi connectivity index (χ1) is 22.2. The Hall–Kier alpha value is -4.97.